The number of hydrogen-bond donors (Lipinski definition) is 2. The molecule has 0 aliphatic rings. The van der Waals surface area contributed by atoms with Gasteiger partial charge < -0.3 is 5.32 Å². The highest BCUT2D eigenvalue weighted by atomic mass is 32.2. The topological polar surface area (TPSA) is 66.4 Å². The Morgan fingerprint density at radius 1 is 1.31 bits per heavy atom. The molecule has 0 fully saturated rings. The van der Waals surface area contributed by atoms with E-state index in [1.54, 1.807) is 0 Å². The molecule has 0 aromatic heterocycles. The molecule has 0 aliphatic carbocycles. The Kier molecular flexibility index (Phi) is 4.92. The first kappa shape index (κ1) is 13.2. The van der Waals surface area contributed by atoms with Crippen molar-refractivity contribution in [2.24, 2.45) is 0 Å². The molecule has 1 aromatic carbocycles. The normalized spacial score (nSPS) is 13.6. The summed E-state index contributed by atoms with van der Waals surface area (Å²) in [6.45, 7) is 2.25. The van der Waals surface area contributed by atoms with Crippen LogP contribution in [0.2, 0.25) is 0 Å². The molecular formula is C11H17NO3S. The van der Waals surface area contributed by atoms with Crippen molar-refractivity contribution in [3.63, 3.8) is 0 Å². The van der Waals surface area contributed by atoms with E-state index in [0.717, 1.165) is 6.42 Å². The van der Waals surface area contributed by atoms with Crippen LogP contribution in [0.5, 0.6) is 0 Å². The second kappa shape index (κ2) is 5.98. The van der Waals surface area contributed by atoms with Gasteiger partial charge in [0.2, 0.25) is 0 Å². The first-order chi connectivity index (χ1) is 7.47. The summed E-state index contributed by atoms with van der Waals surface area (Å²) in [6, 6.07) is 10.1. The van der Waals surface area contributed by atoms with E-state index in [2.05, 4.69) is 5.32 Å². The Hall–Kier alpha value is -0.910. The smallest absolute Gasteiger partial charge is 0.266 e. The highest BCUT2D eigenvalue weighted by Gasteiger charge is 2.06. The largest absolute Gasteiger partial charge is 0.313 e. The van der Waals surface area contributed by atoms with E-state index in [1.807, 2.05) is 37.3 Å². The highest BCUT2D eigenvalue weighted by Crippen LogP contribution is 2.02. The van der Waals surface area contributed by atoms with Crippen molar-refractivity contribution in [3.8, 4) is 0 Å². The minimum atomic E-state index is -3.86. The van der Waals surface area contributed by atoms with Crippen LogP contribution in [0, 0.1) is 0 Å². The van der Waals surface area contributed by atoms with Crippen molar-refractivity contribution in [1.82, 2.24) is 5.32 Å². The maximum atomic E-state index is 10.5. The van der Waals surface area contributed by atoms with Crippen molar-refractivity contribution in [2.45, 2.75) is 19.4 Å². The fourth-order valence-electron chi connectivity index (χ4n) is 1.47. The van der Waals surface area contributed by atoms with Gasteiger partial charge >= 0.3 is 0 Å². The molecule has 1 atom stereocenters. The van der Waals surface area contributed by atoms with Crippen molar-refractivity contribution in [2.75, 3.05) is 12.3 Å². The molecule has 90 valence electrons. The van der Waals surface area contributed by atoms with Gasteiger partial charge in [-0.2, -0.15) is 8.42 Å². The summed E-state index contributed by atoms with van der Waals surface area (Å²) in [7, 11) is -3.86. The molecule has 0 radical (unpaired) electrons. The average Bonchev–Trinajstić information content (AvgIpc) is 2.17. The molecular weight excluding hydrogens is 226 g/mol. The van der Waals surface area contributed by atoms with Gasteiger partial charge in [-0.15, -0.1) is 0 Å². The second-order valence-corrected chi connectivity index (χ2v) is 5.40. The number of nitrogens with one attached hydrogen (secondary N) is 1. The Morgan fingerprint density at radius 3 is 2.50 bits per heavy atom. The Balaban J connectivity index is 2.29. The van der Waals surface area contributed by atoms with Crippen LogP contribution in [-0.2, 0) is 16.5 Å². The van der Waals surface area contributed by atoms with Gasteiger partial charge in [0.15, 0.2) is 0 Å². The molecule has 0 bridgehead atoms. The SMILES string of the molecule is C[C@H](Cc1ccccc1)NCCS(=O)(=O)O. The van der Waals surface area contributed by atoms with Crippen LogP contribution in [0.25, 0.3) is 0 Å². The van der Waals surface area contributed by atoms with Crippen LogP contribution >= 0.6 is 0 Å². The summed E-state index contributed by atoms with van der Waals surface area (Å²) in [4.78, 5) is 0. The van der Waals surface area contributed by atoms with E-state index >= 15 is 0 Å². The van der Waals surface area contributed by atoms with Gasteiger partial charge in [-0.3, -0.25) is 4.55 Å². The number of benzene rings is 1. The first-order valence-electron chi connectivity index (χ1n) is 5.20. The number of rotatable bonds is 6. The lowest BCUT2D eigenvalue weighted by Crippen LogP contribution is -2.32. The Labute approximate surface area is 96.4 Å². The average molecular weight is 243 g/mol. The zero-order valence-corrected chi connectivity index (χ0v) is 10.1. The van der Waals surface area contributed by atoms with E-state index < -0.39 is 10.1 Å². The van der Waals surface area contributed by atoms with Crippen molar-refractivity contribution >= 4 is 10.1 Å². The third-order valence-electron chi connectivity index (χ3n) is 2.24. The highest BCUT2D eigenvalue weighted by molar-refractivity contribution is 7.85. The van der Waals surface area contributed by atoms with E-state index in [0.29, 0.717) is 0 Å². The molecule has 16 heavy (non-hydrogen) atoms. The lowest BCUT2D eigenvalue weighted by molar-refractivity contribution is 0.476. The molecule has 0 amide bonds. The van der Waals surface area contributed by atoms with Gasteiger partial charge in [0.1, 0.15) is 0 Å². The van der Waals surface area contributed by atoms with Gasteiger partial charge in [-0.25, -0.2) is 0 Å². The first-order valence-corrected chi connectivity index (χ1v) is 6.81. The molecule has 1 rings (SSSR count). The quantitative estimate of drug-likeness (QED) is 0.734. The zero-order valence-electron chi connectivity index (χ0n) is 9.26. The van der Waals surface area contributed by atoms with Crippen LogP contribution < -0.4 is 5.32 Å². The van der Waals surface area contributed by atoms with Gasteiger partial charge in [-0.05, 0) is 18.9 Å². The molecule has 0 unspecified atom stereocenters. The van der Waals surface area contributed by atoms with E-state index in [4.69, 9.17) is 4.55 Å². The van der Waals surface area contributed by atoms with Crippen LogP contribution in [0.15, 0.2) is 30.3 Å². The van der Waals surface area contributed by atoms with Gasteiger partial charge in [0.05, 0.1) is 5.75 Å². The van der Waals surface area contributed by atoms with Crippen molar-refractivity contribution in [3.05, 3.63) is 35.9 Å². The summed E-state index contributed by atoms with van der Waals surface area (Å²) in [5, 5.41) is 3.05. The summed E-state index contributed by atoms with van der Waals surface area (Å²) in [6.07, 6.45) is 0.840. The maximum absolute atomic E-state index is 10.5. The Bertz CT molecular complexity index is 402. The van der Waals surface area contributed by atoms with Crippen LogP contribution in [0.4, 0.5) is 0 Å². The predicted molar refractivity (Wildman–Crippen MR) is 64.0 cm³/mol. The standard InChI is InChI=1S/C11H17NO3S/c1-10(12-7-8-16(13,14)15)9-11-5-3-2-4-6-11/h2-6,10,12H,7-9H2,1H3,(H,13,14,15)/t10-/m1/s1. The maximum Gasteiger partial charge on any atom is 0.266 e. The lowest BCUT2D eigenvalue weighted by atomic mass is 10.1. The molecule has 0 aliphatic heterocycles. The monoisotopic (exact) mass is 243 g/mol. The molecule has 2 N–H and O–H groups in total. The summed E-state index contributed by atoms with van der Waals surface area (Å²) in [5.41, 5.74) is 1.20. The fraction of sp³-hybridized carbons (Fsp3) is 0.455. The lowest BCUT2D eigenvalue weighted by Gasteiger charge is -2.12. The number of hydrogen-bond acceptors (Lipinski definition) is 3. The van der Waals surface area contributed by atoms with E-state index in [-0.39, 0.29) is 18.3 Å². The van der Waals surface area contributed by atoms with Crippen LogP contribution in [0.3, 0.4) is 0 Å². The molecule has 1 aromatic rings. The summed E-state index contributed by atoms with van der Waals surface area (Å²) >= 11 is 0. The van der Waals surface area contributed by atoms with Crippen LogP contribution in [-0.4, -0.2) is 31.3 Å². The van der Waals surface area contributed by atoms with Gasteiger partial charge in [0.25, 0.3) is 10.1 Å². The molecule has 0 spiro atoms. The van der Waals surface area contributed by atoms with Gasteiger partial charge in [-0.1, -0.05) is 30.3 Å². The summed E-state index contributed by atoms with van der Waals surface area (Å²) in [5.74, 6) is -0.244. The molecule has 4 nitrogen and oxygen atoms in total. The third-order valence-corrected chi connectivity index (χ3v) is 2.96. The minimum absolute atomic E-state index is 0.184. The molecule has 0 heterocycles. The van der Waals surface area contributed by atoms with Crippen LogP contribution in [0.1, 0.15) is 12.5 Å². The molecule has 0 saturated carbocycles. The van der Waals surface area contributed by atoms with Crippen molar-refractivity contribution in [1.29, 1.82) is 0 Å². The second-order valence-electron chi connectivity index (χ2n) is 3.83. The third kappa shape index (κ3) is 5.85. The van der Waals surface area contributed by atoms with Gasteiger partial charge in [0, 0.05) is 12.6 Å². The summed E-state index contributed by atoms with van der Waals surface area (Å²) < 4.78 is 29.5. The van der Waals surface area contributed by atoms with Crippen molar-refractivity contribution < 1.29 is 13.0 Å². The molecule has 5 heteroatoms. The molecule has 0 saturated heterocycles. The Morgan fingerprint density at radius 2 is 1.94 bits per heavy atom. The fourth-order valence-corrected chi connectivity index (χ4v) is 1.85. The zero-order chi connectivity index (χ0) is 12.0. The predicted octanol–water partition coefficient (Wildman–Crippen LogP) is 1.09. The van der Waals surface area contributed by atoms with E-state index in [1.165, 1.54) is 5.56 Å². The minimum Gasteiger partial charge on any atom is -0.313 e. The van der Waals surface area contributed by atoms with E-state index in [9.17, 15) is 8.42 Å².